The highest BCUT2D eigenvalue weighted by Gasteiger charge is 2.10. The van der Waals surface area contributed by atoms with Gasteiger partial charge in [-0.15, -0.1) is 0 Å². The number of nitro benzene ring substituents is 1. The normalized spacial score (nSPS) is 11.1. The molecule has 126 valence electrons. The van der Waals surface area contributed by atoms with Crippen molar-refractivity contribution in [3.05, 3.63) is 73.0 Å². The first-order valence-corrected chi connectivity index (χ1v) is 8.04. The highest BCUT2D eigenvalue weighted by molar-refractivity contribution is 7.71. The Balaban J connectivity index is 2.02. The third-order valence-electron chi connectivity index (χ3n) is 3.26. The number of rotatable bonds is 4. The summed E-state index contributed by atoms with van der Waals surface area (Å²) in [6.45, 7) is 0. The summed E-state index contributed by atoms with van der Waals surface area (Å²) >= 11 is 17.1. The Morgan fingerprint density at radius 1 is 1.24 bits per heavy atom. The monoisotopic (exact) mass is 393 g/mol. The van der Waals surface area contributed by atoms with E-state index >= 15 is 0 Å². The molecule has 1 N–H and O–H groups in total. The molecule has 0 aliphatic heterocycles. The van der Waals surface area contributed by atoms with Gasteiger partial charge in [0.15, 0.2) is 5.82 Å². The zero-order valence-corrected chi connectivity index (χ0v) is 14.7. The summed E-state index contributed by atoms with van der Waals surface area (Å²) < 4.78 is 1.66. The molecule has 0 bridgehead atoms. The van der Waals surface area contributed by atoms with E-state index in [0.717, 1.165) is 5.56 Å². The molecule has 0 fully saturated rings. The second kappa shape index (κ2) is 7.14. The van der Waals surface area contributed by atoms with Gasteiger partial charge in [-0.25, -0.2) is 5.10 Å². The summed E-state index contributed by atoms with van der Waals surface area (Å²) in [7, 11) is 0. The summed E-state index contributed by atoms with van der Waals surface area (Å²) in [6, 6.07) is 11.1. The predicted octanol–water partition coefficient (Wildman–Crippen LogP) is 4.70. The van der Waals surface area contributed by atoms with Crippen LogP contribution in [0.3, 0.4) is 0 Å². The van der Waals surface area contributed by atoms with Crippen molar-refractivity contribution < 1.29 is 4.92 Å². The number of non-ortho nitro benzene ring substituents is 1. The van der Waals surface area contributed by atoms with E-state index in [1.807, 2.05) is 0 Å². The van der Waals surface area contributed by atoms with Crippen molar-refractivity contribution in [2.24, 2.45) is 5.10 Å². The Labute approximate surface area is 156 Å². The van der Waals surface area contributed by atoms with Crippen LogP contribution >= 0.6 is 35.4 Å². The van der Waals surface area contributed by atoms with Gasteiger partial charge in [0.2, 0.25) is 4.77 Å². The molecule has 3 rings (SSSR count). The molecule has 0 saturated carbocycles. The van der Waals surface area contributed by atoms with Crippen LogP contribution in [0.4, 0.5) is 5.69 Å². The first-order valence-electron chi connectivity index (χ1n) is 6.87. The van der Waals surface area contributed by atoms with E-state index in [1.165, 1.54) is 29.1 Å². The lowest BCUT2D eigenvalue weighted by molar-refractivity contribution is -0.384. The van der Waals surface area contributed by atoms with Crippen molar-refractivity contribution in [2.75, 3.05) is 0 Å². The van der Waals surface area contributed by atoms with Gasteiger partial charge in [-0.2, -0.15) is 14.9 Å². The molecule has 0 radical (unpaired) electrons. The van der Waals surface area contributed by atoms with Gasteiger partial charge in [0.25, 0.3) is 5.69 Å². The molecule has 25 heavy (non-hydrogen) atoms. The largest absolute Gasteiger partial charge is 0.270 e. The number of benzene rings is 2. The summed E-state index contributed by atoms with van der Waals surface area (Å²) in [5, 5.41) is 22.9. The van der Waals surface area contributed by atoms with Crippen LogP contribution in [0.2, 0.25) is 10.0 Å². The quantitative estimate of drug-likeness (QED) is 0.301. The van der Waals surface area contributed by atoms with Crippen molar-refractivity contribution in [3.8, 4) is 11.4 Å². The molecule has 0 spiro atoms. The Kier molecular flexibility index (Phi) is 4.93. The second-order valence-electron chi connectivity index (χ2n) is 4.88. The third-order valence-corrected chi connectivity index (χ3v) is 4.12. The summed E-state index contributed by atoms with van der Waals surface area (Å²) in [6.07, 6.45) is 1.39. The van der Waals surface area contributed by atoms with E-state index in [1.54, 1.807) is 24.3 Å². The molecule has 7 nitrogen and oxygen atoms in total. The van der Waals surface area contributed by atoms with Crippen LogP contribution in [-0.2, 0) is 0 Å². The van der Waals surface area contributed by atoms with Crippen molar-refractivity contribution >= 4 is 47.3 Å². The van der Waals surface area contributed by atoms with Gasteiger partial charge >= 0.3 is 0 Å². The zero-order chi connectivity index (χ0) is 18.0. The molecule has 0 atom stereocenters. The Hall–Kier alpha value is -2.55. The maximum absolute atomic E-state index is 10.9. The Morgan fingerprint density at radius 3 is 2.64 bits per heavy atom. The average Bonchev–Trinajstić information content (AvgIpc) is 2.95. The fourth-order valence-corrected chi connectivity index (χ4v) is 2.52. The van der Waals surface area contributed by atoms with E-state index < -0.39 is 4.92 Å². The van der Waals surface area contributed by atoms with Crippen LogP contribution in [0.15, 0.2) is 47.6 Å². The zero-order valence-electron chi connectivity index (χ0n) is 12.4. The molecule has 1 heterocycles. The molecule has 0 aliphatic carbocycles. The molecule has 1 aromatic heterocycles. The molecule has 0 amide bonds. The highest BCUT2D eigenvalue weighted by Crippen LogP contribution is 2.22. The minimum absolute atomic E-state index is 0.0837. The maximum atomic E-state index is 10.9. The van der Waals surface area contributed by atoms with Crippen LogP contribution in [0.1, 0.15) is 5.56 Å². The van der Waals surface area contributed by atoms with Crippen LogP contribution in [0.25, 0.3) is 11.4 Å². The first kappa shape index (κ1) is 17.3. The van der Waals surface area contributed by atoms with Crippen LogP contribution in [0.5, 0.6) is 0 Å². The lowest BCUT2D eigenvalue weighted by Crippen LogP contribution is -1.96. The number of nitrogens with one attached hydrogen (secondary N) is 1. The molecule has 3 aromatic rings. The molecule has 0 saturated heterocycles. The highest BCUT2D eigenvalue weighted by atomic mass is 35.5. The number of aromatic amines is 1. The Bertz CT molecular complexity index is 1030. The van der Waals surface area contributed by atoms with Gasteiger partial charge in [-0.3, -0.25) is 10.1 Å². The summed E-state index contributed by atoms with van der Waals surface area (Å²) in [5.41, 5.74) is 1.06. The van der Waals surface area contributed by atoms with Crippen molar-refractivity contribution in [3.63, 3.8) is 0 Å². The first-order chi connectivity index (χ1) is 12.0. The van der Waals surface area contributed by atoms with Crippen molar-refractivity contribution in [1.82, 2.24) is 14.9 Å². The summed E-state index contributed by atoms with van der Waals surface area (Å²) in [4.78, 5) is 10.4. The third kappa shape index (κ3) is 3.76. The SMILES string of the molecule is O=[N+]([O-])c1ccc(Cl)c(C=Nn2c(-c3ccc(Cl)cc3)n[nH]c2=S)c1. The van der Waals surface area contributed by atoms with Crippen LogP contribution < -0.4 is 0 Å². The van der Waals surface area contributed by atoms with Gasteiger partial charge in [0.05, 0.1) is 11.1 Å². The number of nitrogens with zero attached hydrogens (tertiary/aromatic N) is 4. The number of hydrogen-bond donors (Lipinski definition) is 1. The predicted molar refractivity (Wildman–Crippen MR) is 99.0 cm³/mol. The number of halogens is 2. The van der Waals surface area contributed by atoms with Gasteiger partial charge in [-0.05, 0) is 42.5 Å². The van der Waals surface area contributed by atoms with Crippen molar-refractivity contribution in [1.29, 1.82) is 0 Å². The molecule has 10 heteroatoms. The van der Waals surface area contributed by atoms with Crippen molar-refractivity contribution in [2.45, 2.75) is 0 Å². The Morgan fingerprint density at radius 2 is 1.96 bits per heavy atom. The fourth-order valence-electron chi connectivity index (χ4n) is 2.05. The molecule has 2 aromatic carbocycles. The standard InChI is InChI=1S/C15H9Cl2N5O2S/c16-11-3-1-9(2-4-11)14-19-20-15(25)21(14)18-8-10-7-12(22(23)24)5-6-13(10)17/h1-8H,(H,20,25). The lowest BCUT2D eigenvalue weighted by Gasteiger charge is -2.02. The van der Waals surface area contributed by atoms with Gasteiger partial charge in [-0.1, -0.05) is 23.2 Å². The van der Waals surface area contributed by atoms with Gasteiger partial charge in [0, 0.05) is 33.3 Å². The number of H-pyrrole nitrogens is 1. The van der Waals surface area contributed by atoms with E-state index in [4.69, 9.17) is 35.4 Å². The lowest BCUT2D eigenvalue weighted by atomic mass is 10.2. The van der Waals surface area contributed by atoms with Gasteiger partial charge < -0.3 is 0 Å². The number of aromatic nitrogens is 3. The molecule has 0 aliphatic rings. The number of nitro groups is 1. The second-order valence-corrected chi connectivity index (χ2v) is 6.11. The number of hydrogen-bond acceptors (Lipinski definition) is 5. The van der Waals surface area contributed by atoms with Crippen LogP contribution in [0, 0.1) is 14.9 Å². The fraction of sp³-hybridized carbons (Fsp3) is 0. The van der Waals surface area contributed by atoms with E-state index in [9.17, 15) is 10.1 Å². The van der Waals surface area contributed by atoms with Crippen LogP contribution in [-0.4, -0.2) is 26.0 Å². The van der Waals surface area contributed by atoms with E-state index in [-0.39, 0.29) is 10.5 Å². The van der Waals surface area contributed by atoms with E-state index in [2.05, 4.69) is 15.3 Å². The minimum atomic E-state index is -0.504. The van der Waals surface area contributed by atoms with Gasteiger partial charge in [0.1, 0.15) is 0 Å². The smallest absolute Gasteiger partial charge is 0.258 e. The molecular weight excluding hydrogens is 385 g/mol. The molecule has 0 unspecified atom stereocenters. The van der Waals surface area contributed by atoms with E-state index in [0.29, 0.717) is 21.4 Å². The average molecular weight is 394 g/mol. The summed E-state index contributed by atoms with van der Waals surface area (Å²) in [5.74, 6) is 0.472. The maximum Gasteiger partial charge on any atom is 0.270 e. The topological polar surface area (TPSA) is 89.1 Å². The molecular formula is C15H9Cl2N5O2S. The minimum Gasteiger partial charge on any atom is -0.258 e.